The number of esters is 1. The third-order valence-electron chi connectivity index (χ3n) is 4.26. The van der Waals surface area contributed by atoms with E-state index < -0.39 is 5.54 Å². The van der Waals surface area contributed by atoms with E-state index >= 15 is 0 Å². The number of benzene rings is 1. The van der Waals surface area contributed by atoms with Gasteiger partial charge in [-0.05, 0) is 49.4 Å². The van der Waals surface area contributed by atoms with Gasteiger partial charge in [-0.1, -0.05) is 19.8 Å². The van der Waals surface area contributed by atoms with Crippen molar-refractivity contribution < 1.29 is 13.9 Å². The van der Waals surface area contributed by atoms with Crippen molar-refractivity contribution in [3.05, 3.63) is 29.6 Å². The van der Waals surface area contributed by atoms with Crippen LogP contribution in [0.2, 0.25) is 0 Å². The van der Waals surface area contributed by atoms with Gasteiger partial charge in [0, 0.05) is 5.69 Å². The molecule has 2 rings (SSSR count). The fraction of sp³-hybridized carbons (Fsp3) is 0.562. The molecular weight excluding hydrogens is 257 g/mol. The molecule has 1 aromatic rings. The third kappa shape index (κ3) is 2.79. The lowest BCUT2D eigenvalue weighted by Gasteiger charge is -2.41. The Morgan fingerprint density at radius 1 is 1.40 bits per heavy atom. The number of nitrogens with one attached hydrogen (secondary N) is 1. The highest BCUT2D eigenvalue weighted by Crippen LogP contribution is 2.37. The second kappa shape index (κ2) is 5.81. The number of halogens is 1. The van der Waals surface area contributed by atoms with Crippen molar-refractivity contribution in [3.8, 4) is 0 Å². The van der Waals surface area contributed by atoms with E-state index in [4.69, 9.17) is 4.74 Å². The van der Waals surface area contributed by atoms with Crippen molar-refractivity contribution >= 4 is 11.7 Å². The molecular formula is C16H22FNO2. The van der Waals surface area contributed by atoms with Crippen molar-refractivity contribution in [3.63, 3.8) is 0 Å². The zero-order valence-electron chi connectivity index (χ0n) is 12.3. The van der Waals surface area contributed by atoms with E-state index in [0.29, 0.717) is 5.69 Å². The maximum absolute atomic E-state index is 13.5. The van der Waals surface area contributed by atoms with Crippen LogP contribution in [0.5, 0.6) is 0 Å². The summed E-state index contributed by atoms with van der Waals surface area (Å²) in [6.45, 7) is 3.89. The zero-order valence-corrected chi connectivity index (χ0v) is 12.3. The molecule has 0 amide bonds. The number of hydrogen-bond donors (Lipinski definition) is 1. The molecule has 1 aromatic carbocycles. The number of carbonyl (C=O) groups excluding carboxylic acids is 1. The van der Waals surface area contributed by atoms with Crippen LogP contribution in [-0.2, 0) is 9.53 Å². The molecule has 0 aromatic heterocycles. The number of aryl methyl sites for hydroxylation is 1. The summed E-state index contributed by atoms with van der Waals surface area (Å²) in [4.78, 5) is 12.3. The Morgan fingerprint density at radius 2 is 2.15 bits per heavy atom. The van der Waals surface area contributed by atoms with Crippen LogP contribution in [-0.4, -0.2) is 18.6 Å². The van der Waals surface area contributed by atoms with Crippen LogP contribution >= 0.6 is 0 Å². The maximum atomic E-state index is 13.5. The van der Waals surface area contributed by atoms with Gasteiger partial charge in [0.05, 0.1) is 7.11 Å². The Hall–Kier alpha value is -1.58. The molecule has 110 valence electrons. The Labute approximate surface area is 119 Å². The number of hydrogen-bond acceptors (Lipinski definition) is 3. The molecule has 0 bridgehead atoms. The predicted octanol–water partition coefficient (Wildman–Crippen LogP) is 3.67. The number of rotatable bonds is 3. The van der Waals surface area contributed by atoms with Gasteiger partial charge in [-0.3, -0.25) is 0 Å². The second-order valence-electron chi connectivity index (χ2n) is 5.75. The zero-order chi connectivity index (χ0) is 14.8. The van der Waals surface area contributed by atoms with Gasteiger partial charge < -0.3 is 10.1 Å². The van der Waals surface area contributed by atoms with Gasteiger partial charge in [0.15, 0.2) is 0 Å². The molecule has 1 saturated carbocycles. The fourth-order valence-electron chi connectivity index (χ4n) is 3.14. The smallest absolute Gasteiger partial charge is 0.331 e. The first-order valence-corrected chi connectivity index (χ1v) is 7.12. The van der Waals surface area contributed by atoms with Gasteiger partial charge in [0.25, 0.3) is 0 Å². The van der Waals surface area contributed by atoms with E-state index in [-0.39, 0.29) is 17.7 Å². The topological polar surface area (TPSA) is 38.3 Å². The highest BCUT2D eigenvalue weighted by atomic mass is 19.1. The van der Waals surface area contributed by atoms with Crippen molar-refractivity contribution in [2.45, 2.75) is 45.1 Å². The Bertz CT molecular complexity index is 483. The van der Waals surface area contributed by atoms with Crippen LogP contribution in [0.4, 0.5) is 10.1 Å². The quantitative estimate of drug-likeness (QED) is 0.858. The molecule has 1 aliphatic rings. The van der Waals surface area contributed by atoms with Crippen molar-refractivity contribution in [2.75, 3.05) is 12.4 Å². The summed E-state index contributed by atoms with van der Waals surface area (Å²) in [5.41, 5.74) is 0.727. The normalized spacial score (nSPS) is 26.1. The molecule has 2 atom stereocenters. The summed E-state index contributed by atoms with van der Waals surface area (Å²) in [7, 11) is 1.41. The molecule has 1 aliphatic carbocycles. The summed E-state index contributed by atoms with van der Waals surface area (Å²) < 4.78 is 18.5. The summed E-state index contributed by atoms with van der Waals surface area (Å²) in [5.74, 6) is -0.394. The van der Waals surface area contributed by atoms with Crippen LogP contribution in [0, 0.1) is 18.7 Å². The van der Waals surface area contributed by atoms with Crippen molar-refractivity contribution in [2.24, 2.45) is 5.92 Å². The third-order valence-corrected chi connectivity index (χ3v) is 4.26. The van der Waals surface area contributed by atoms with Gasteiger partial charge in [0.2, 0.25) is 0 Å². The standard InChI is InChI=1S/C16H22FNO2/c1-11-8-13(17)10-14(9-11)18-16(15(19)20-3)7-5-4-6-12(16)2/h8-10,12,18H,4-7H2,1-3H3. The molecule has 2 unspecified atom stereocenters. The maximum Gasteiger partial charge on any atom is 0.331 e. The van der Waals surface area contributed by atoms with Crippen LogP contribution in [0.3, 0.4) is 0 Å². The molecule has 1 fully saturated rings. The van der Waals surface area contributed by atoms with Crippen LogP contribution in [0.25, 0.3) is 0 Å². The van der Waals surface area contributed by atoms with E-state index in [0.717, 1.165) is 31.2 Å². The van der Waals surface area contributed by atoms with Gasteiger partial charge in [-0.25, -0.2) is 9.18 Å². The van der Waals surface area contributed by atoms with Gasteiger partial charge in [-0.15, -0.1) is 0 Å². The van der Waals surface area contributed by atoms with Crippen LogP contribution < -0.4 is 5.32 Å². The van der Waals surface area contributed by atoms with Crippen molar-refractivity contribution in [1.82, 2.24) is 0 Å². The lowest BCUT2D eigenvalue weighted by molar-refractivity contribution is -0.149. The first kappa shape index (κ1) is 14.8. The SMILES string of the molecule is COC(=O)C1(Nc2cc(C)cc(F)c2)CCCCC1C. The fourth-order valence-corrected chi connectivity index (χ4v) is 3.14. The lowest BCUT2D eigenvalue weighted by atomic mass is 9.73. The number of methoxy groups -OCH3 is 1. The highest BCUT2D eigenvalue weighted by molar-refractivity contribution is 5.85. The Balaban J connectivity index is 2.34. The minimum Gasteiger partial charge on any atom is -0.467 e. The van der Waals surface area contributed by atoms with E-state index in [1.54, 1.807) is 0 Å². The first-order valence-electron chi connectivity index (χ1n) is 7.12. The number of ether oxygens (including phenoxy) is 1. The van der Waals surface area contributed by atoms with Gasteiger partial charge in [-0.2, -0.15) is 0 Å². The van der Waals surface area contributed by atoms with E-state index in [2.05, 4.69) is 12.2 Å². The molecule has 0 heterocycles. The van der Waals surface area contributed by atoms with Gasteiger partial charge in [0.1, 0.15) is 11.4 Å². The molecule has 0 saturated heterocycles. The first-order chi connectivity index (χ1) is 9.48. The summed E-state index contributed by atoms with van der Waals surface area (Å²) in [5, 5.41) is 3.26. The Morgan fingerprint density at radius 3 is 2.75 bits per heavy atom. The van der Waals surface area contributed by atoms with E-state index in [1.807, 2.05) is 13.0 Å². The van der Waals surface area contributed by atoms with Crippen LogP contribution in [0.1, 0.15) is 38.2 Å². The molecule has 0 radical (unpaired) electrons. The average Bonchev–Trinajstić information content (AvgIpc) is 2.39. The summed E-state index contributed by atoms with van der Waals surface area (Å²) in [6, 6.07) is 4.76. The van der Waals surface area contributed by atoms with E-state index in [9.17, 15) is 9.18 Å². The highest BCUT2D eigenvalue weighted by Gasteiger charge is 2.46. The largest absolute Gasteiger partial charge is 0.467 e. The Kier molecular flexibility index (Phi) is 4.31. The summed E-state index contributed by atoms with van der Waals surface area (Å²) >= 11 is 0. The molecule has 0 spiro atoms. The van der Waals surface area contributed by atoms with Crippen LogP contribution in [0.15, 0.2) is 18.2 Å². The number of carbonyl (C=O) groups is 1. The second-order valence-corrected chi connectivity index (χ2v) is 5.75. The molecule has 1 N–H and O–H groups in total. The minimum atomic E-state index is -0.743. The monoisotopic (exact) mass is 279 g/mol. The van der Waals surface area contributed by atoms with Crippen molar-refractivity contribution in [1.29, 1.82) is 0 Å². The van der Waals surface area contributed by atoms with Gasteiger partial charge >= 0.3 is 5.97 Å². The predicted molar refractivity (Wildman–Crippen MR) is 77.1 cm³/mol. The molecule has 4 heteroatoms. The summed E-state index contributed by atoms with van der Waals surface area (Å²) in [6.07, 6.45) is 3.78. The molecule has 20 heavy (non-hydrogen) atoms. The molecule has 3 nitrogen and oxygen atoms in total. The van der Waals surface area contributed by atoms with E-state index in [1.165, 1.54) is 19.2 Å². The lowest BCUT2D eigenvalue weighted by Crippen LogP contribution is -2.54. The minimum absolute atomic E-state index is 0.160. The average molecular weight is 279 g/mol. The molecule has 0 aliphatic heterocycles. The number of anilines is 1.